The SMILES string of the molecule is CC(Oc1ccccc1C(C)C)C(=O)N1CCCCC1. The zero-order valence-electron chi connectivity index (χ0n) is 12.8. The van der Waals surface area contributed by atoms with Gasteiger partial charge in [0.15, 0.2) is 6.10 Å². The first-order valence-corrected chi connectivity index (χ1v) is 7.64. The second kappa shape index (κ2) is 6.78. The van der Waals surface area contributed by atoms with Gasteiger partial charge in [0.1, 0.15) is 5.75 Å². The van der Waals surface area contributed by atoms with E-state index < -0.39 is 6.10 Å². The third-order valence-electron chi connectivity index (χ3n) is 3.86. The van der Waals surface area contributed by atoms with Gasteiger partial charge in [-0.2, -0.15) is 0 Å². The van der Waals surface area contributed by atoms with E-state index in [-0.39, 0.29) is 5.91 Å². The highest BCUT2D eigenvalue weighted by molar-refractivity contribution is 5.81. The molecule has 1 unspecified atom stereocenters. The summed E-state index contributed by atoms with van der Waals surface area (Å²) in [5.41, 5.74) is 1.16. The fourth-order valence-electron chi connectivity index (χ4n) is 2.68. The van der Waals surface area contributed by atoms with E-state index in [0.717, 1.165) is 37.2 Å². The van der Waals surface area contributed by atoms with Crippen LogP contribution in [0.3, 0.4) is 0 Å². The first-order chi connectivity index (χ1) is 9.59. The number of hydrogen-bond donors (Lipinski definition) is 0. The molecule has 1 heterocycles. The van der Waals surface area contributed by atoms with E-state index in [1.165, 1.54) is 6.42 Å². The predicted octanol–water partition coefficient (Wildman–Crippen LogP) is 3.59. The minimum atomic E-state index is -0.409. The summed E-state index contributed by atoms with van der Waals surface area (Å²) in [5, 5.41) is 0. The van der Waals surface area contributed by atoms with Gasteiger partial charge in [-0.1, -0.05) is 32.0 Å². The Morgan fingerprint density at radius 1 is 1.10 bits per heavy atom. The Balaban J connectivity index is 2.03. The van der Waals surface area contributed by atoms with Crippen LogP contribution in [-0.2, 0) is 4.79 Å². The second-order valence-electron chi connectivity index (χ2n) is 5.84. The molecule has 1 fully saturated rings. The minimum Gasteiger partial charge on any atom is -0.481 e. The number of carbonyl (C=O) groups excluding carboxylic acids is 1. The lowest BCUT2D eigenvalue weighted by molar-refractivity contribution is -0.138. The molecule has 0 aromatic heterocycles. The van der Waals surface area contributed by atoms with E-state index in [1.807, 2.05) is 30.0 Å². The van der Waals surface area contributed by atoms with E-state index in [1.54, 1.807) is 0 Å². The summed E-state index contributed by atoms with van der Waals surface area (Å²) in [5.74, 6) is 1.34. The van der Waals surface area contributed by atoms with Crippen LogP contribution in [0.5, 0.6) is 5.75 Å². The van der Waals surface area contributed by atoms with Crippen LogP contribution in [-0.4, -0.2) is 30.0 Å². The fourth-order valence-corrected chi connectivity index (χ4v) is 2.68. The van der Waals surface area contributed by atoms with Gasteiger partial charge >= 0.3 is 0 Å². The second-order valence-corrected chi connectivity index (χ2v) is 5.84. The van der Waals surface area contributed by atoms with Gasteiger partial charge in [0, 0.05) is 13.1 Å². The Morgan fingerprint density at radius 2 is 1.75 bits per heavy atom. The zero-order valence-corrected chi connectivity index (χ0v) is 12.8. The number of likely N-dealkylation sites (tertiary alicyclic amines) is 1. The van der Waals surface area contributed by atoms with Gasteiger partial charge in [0.25, 0.3) is 5.91 Å². The number of para-hydroxylation sites is 1. The van der Waals surface area contributed by atoms with Crippen LogP contribution in [0.2, 0.25) is 0 Å². The van der Waals surface area contributed by atoms with Gasteiger partial charge in [-0.15, -0.1) is 0 Å². The molecule has 1 amide bonds. The van der Waals surface area contributed by atoms with Gasteiger partial charge < -0.3 is 9.64 Å². The predicted molar refractivity (Wildman–Crippen MR) is 81.1 cm³/mol. The molecule has 0 saturated carbocycles. The van der Waals surface area contributed by atoms with Crippen molar-refractivity contribution in [3.8, 4) is 5.75 Å². The first kappa shape index (κ1) is 14.9. The summed E-state index contributed by atoms with van der Waals surface area (Å²) in [6, 6.07) is 7.99. The summed E-state index contributed by atoms with van der Waals surface area (Å²) >= 11 is 0. The van der Waals surface area contributed by atoms with Crippen LogP contribution in [0.4, 0.5) is 0 Å². The Morgan fingerprint density at radius 3 is 2.40 bits per heavy atom. The Bertz CT molecular complexity index is 450. The van der Waals surface area contributed by atoms with Crippen molar-refractivity contribution >= 4 is 5.91 Å². The number of ether oxygens (including phenoxy) is 1. The van der Waals surface area contributed by atoms with Crippen molar-refractivity contribution in [2.45, 2.75) is 52.1 Å². The third-order valence-corrected chi connectivity index (χ3v) is 3.86. The summed E-state index contributed by atoms with van der Waals surface area (Å²) < 4.78 is 5.93. The van der Waals surface area contributed by atoms with Crippen molar-refractivity contribution in [2.75, 3.05) is 13.1 Å². The van der Waals surface area contributed by atoms with Crippen LogP contribution in [0.1, 0.15) is 51.5 Å². The number of hydrogen-bond acceptors (Lipinski definition) is 2. The highest BCUT2D eigenvalue weighted by Gasteiger charge is 2.24. The molecular formula is C17H25NO2. The van der Waals surface area contributed by atoms with Crippen molar-refractivity contribution in [1.82, 2.24) is 4.90 Å². The van der Waals surface area contributed by atoms with Gasteiger partial charge in [-0.05, 0) is 43.7 Å². The number of carbonyl (C=O) groups is 1. The maximum Gasteiger partial charge on any atom is 0.263 e. The lowest BCUT2D eigenvalue weighted by Crippen LogP contribution is -2.43. The summed E-state index contributed by atoms with van der Waals surface area (Å²) in [6.07, 6.45) is 3.05. The number of benzene rings is 1. The molecule has 20 heavy (non-hydrogen) atoms. The van der Waals surface area contributed by atoms with Crippen molar-refractivity contribution < 1.29 is 9.53 Å². The molecule has 110 valence electrons. The Labute approximate surface area is 121 Å². The van der Waals surface area contributed by atoms with Crippen molar-refractivity contribution in [3.05, 3.63) is 29.8 Å². The lowest BCUT2D eigenvalue weighted by atomic mass is 10.0. The van der Waals surface area contributed by atoms with Gasteiger partial charge in [0.05, 0.1) is 0 Å². The fraction of sp³-hybridized carbons (Fsp3) is 0.588. The van der Waals surface area contributed by atoms with E-state index in [0.29, 0.717) is 5.92 Å². The monoisotopic (exact) mass is 275 g/mol. The molecule has 0 spiro atoms. The van der Waals surface area contributed by atoms with E-state index in [2.05, 4.69) is 19.9 Å². The highest BCUT2D eigenvalue weighted by Crippen LogP contribution is 2.27. The molecule has 1 saturated heterocycles. The van der Waals surface area contributed by atoms with Crippen LogP contribution in [0, 0.1) is 0 Å². The van der Waals surface area contributed by atoms with Crippen LogP contribution >= 0.6 is 0 Å². The van der Waals surface area contributed by atoms with Crippen LogP contribution < -0.4 is 4.74 Å². The molecule has 0 N–H and O–H groups in total. The maximum absolute atomic E-state index is 12.4. The molecule has 1 atom stereocenters. The number of nitrogens with zero attached hydrogens (tertiary/aromatic N) is 1. The molecular weight excluding hydrogens is 250 g/mol. The molecule has 0 bridgehead atoms. The molecule has 0 radical (unpaired) electrons. The quantitative estimate of drug-likeness (QED) is 0.840. The number of amides is 1. The zero-order chi connectivity index (χ0) is 14.5. The third kappa shape index (κ3) is 3.53. The Kier molecular flexibility index (Phi) is 5.05. The summed E-state index contributed by atoms with van der Waals surface area (Å²) in [7, 11) is 0. The van der Waals surface area contributed by atoms with Gasteiger partial charge in [-0.25, -0.2) is 0 Å². The molecule has 2 rings (SSSR count). The first-order valence-electron chi connectivity index (χ1n) is 7.64. The average molecular weight is 275 g/mol. The molecule has 1 aromatic carbocycles. The largest absolute Gasteiger partial charge is 0.481 e. The van der Waals surface area contributed by atoms with Crippen molar-refractivity contribution in [2.24, 2.45) is 0 Å². The van der Waals surface area contributed by atoms with Gasteiger partial charge in [-0.3, -0.25) is 4.79 Å². The van der Waals surface area contributed by atoms with Crippen LogP contribution in [0.15, 0.2) is 24.3 Å². The summed E-state index contributed by atoms with van der Waals surface area (Å²) in [4.78, 5) is 14.3. The van der Waals surface area contributed by atoms with Gasteiger partial charge in [0.2, 0.25) is 0 Å². The van der Waals surface area contributed by atoms with Crippen LogP contribution in [0.25, 0.3) is 0 Å². The van der Waals surface area contributed by atoms with E-state index in [9.17, 15) is 4.79 Å². The van der Waals surface area contributed by atoms with Crippen molar-refractivity contribution in [3.63, 3.8) is 0 Å². The molecule has 1 aliphatic rings. The topological polar surface area (TPSA) is 29.5 Å². The molecule has 3 heteroatoms. The Hall–Kier alpha value is -1.51. The average Bonchev–Trinajstić information content (AvgIpc) is 2.47. The van der Waals surface area contributed by atoms with E-state index in [4.69, 9.17) is 4.74 Å². The normalized spacial score (nSPS) is 17.1. The highest BCUT2D eigenvalue weighted by atomic mass is 16.5. The smallest absolute Gasteiger partial charge is 0.263 e. The molecule has 1 aromatic rings. The number of rotatable bonds is 4. The van der Waals surface area contributed by atoms with Crippen molar-refractivity contribution in [1.29, 1.82) is 0 Å². The summed E-state index contributed by atoms with van der Waals surface area (Å²) in [6.45, 7) is 7.88. The molecule has 0 aliphatic carbocycles. The minimum absolute atomic E-state index is 0.114. The van der Waals surface area contributed by atoms with E-state index >= 15 is 0 Å². The lowest BCUT2D eigenvalue weighted by Gasteiger charge is -2.29. The molecule has 1 aliphatic heterocycles. The maximum atomic E-state index is 12.4. The standard InChI is InChI=1S/C17H25NO2/c1-13(2)15-9-5-6-10-16(15)20-14(3)17(19)18-11-7-4-8-12-18/h5-6,9-10,13-14H,4,7-8,11-12H2,1-3H3. The molecule has 3 nitrogen and oxygen atoms in total. The number of piperidine rings is 1.